The van der Waals surface area contributed by atoms with Crippen LogP contribution in [0, 0.1) is 28.1 Å². The summed E-state index contributed by atoms with van der Waals surface area (Å²) in [5, 5.41) is 0. The van der Waals surface area contributed by atoms with Crippen LogP contribution in [0.2, 0.25) is 0 Å². The maximum absolute atomic E-state index is 11.9. The fourth-order valence-electron chi connectivity index (χ4n) is 6.48. The van der Waals surface area contributed by atoms with Crippen molar-refractivity contribution in [1.29, 1.82) is 0 Å². The first kappa shape index (κ1) is 13.6. The van der Waals surface area contributed by atoms with Gasteiger partial charge in [0.05, 0.1) is 0 Å². The Morgan fingerprint density at radius 1 is 0.947 bits per heavy atom. The summed E-state index contributed by atoms with van der Waals surface area (Å²) >= 11 is 0. The number of hydrogen-bond acceptors (Lipinski definition) is 1. The highest BCUT2D eigenvalue weighted by Crippen LogP contribution is 2.66. The quantitative estimate of drug-likeness (QED) is 0.601. The molecule has 3 fully saturated rings. The van der Waals surface area contributed by atoms with Gasteiger partial charge < -0.3 is 0 Å². The van der Waals surface area contributed by atoms with Crippen LogP contribution in [0.15, 0.2) is 0 Å². The predicted octanol–water partition coefficient (Wildman–Crippen LogP) is 4.99. The third kappa shape index (κ3) is 1.91. The Morgan fingerprint density at radius 3 is 2.42 bits per heavy atom. The van der Waals surface area contributed by atoms with Gasteiger partial charge in [-0.2, -0.15) is 0 Å². The number of hydrogen-bond donors (Lipinski definition) is 0. The first-order valence-electron chi connectivity index (χ1n) is 8.30. The zero-order valence-electron chi connectivity index (χ0n) is 13.2. The number of ketones is 1. The molecule has 1 heteroatoms. The van der Waals surface area contributed by atoms with E-state index in [4.69, 9.17) is 0 Å². The first-order valence-corrected chi connectivity index (χ1v) is 8.30. The number of carbonyl (C=O) groups is 1. The first-order chi connectivity index (χ1) is 8.78. The summed E-state index contributed by atoms with van der Waals surface area (Å²) in [5.41, 5.74) is 1.32. The molecule has 0 unspecified atom stereocenters. The third-order valence-electron chi connectivity index (χ3n) is 7.23. The van der Waals surface area contributed by atoms with Crippen molar-refractivity contribution in [3.63, 3.8) is 0 Å². The summed E-state index contributed by atoms with van der Waals surface area (Å²) in [4.78, 5) is 11.9. The largest absolute Gasteiger partial charge is 0.300 e. The average molecular weight is 262 g/mol. The highest BCUT2D eigenvalue weighted by molar-refractivity contribution is 5.80. The Hall–Kier alpha value is -0.330. The van der Waals surface area contributed by atoms with E-state index in [1.54, 1.807) is 0 Å². The molecule has 0 aromatic rings. The van der Waals surface area contributed by atoms with Crippen molar-refractivity contribution < 1.29 is 4.79 Å². The van der Waals surface area contributed by atoms with E-state index in [9.17, 15) is 4.79 Å². The Labute approximate surface area is 118 Å². The van der Waals surface area contributed by atoms with Gasteiger partial charge in [-0.05, 0) is 60.2 Å². The van der Waals surface area contributed by atoms with Gasteiger partial charge in [0.2, 0.25) is 0 Å². The smallest absolute Gasteiger partial charge is 0.133 e. The molecule has 0 radical (unpaired) electrons. The molecule has 0 heterocycles. The maximum atomic E-state index is 11.9. The van der Waals surface area contributed by atoms with E-state index in [1.165, 1.54) is 38.5 Å². The van der Waals surface area contributed by atoms with Gasteiger partial charge in [-0.25, -0.2) is 0 Å². The van der Waals surface area contributed by atoms with Gasteiger partial charge in [-0.15, -0.1) is 0 Å². The second-order valence-electron chi connectivity index (χ2n) is 8.90. The average Bonchev–Trinajstić information content (AvgIpc) is 2.25. The van der Waals surface area contributed by atoms with E-state index >= 15 is 0 Å². The van der Waals surface area contributed by atoms with Crippen LogP contribution in [0.5, 0.6) is 0 Å². The second kappa shape index (κ2) is 4.09. The van der Waals surface area contributed by atoms with E-state index in [1.807, 2.05) is 0 Å². The number of carbonyl (C=O) groups excluding carboxylic acids is 1. The maximum Gasteiger partial charge on any atom is 0.133 e. The van der Waals surface area contributed by atoms with Gasteiger partial charge in [-0.3, -0.25) is 4.79 Å². The fourth-order valence-corrected chi connectivity index (χ4v) is 6.48. The predicted molar refractivity (Wildman–Crippen MR) is 78.9 cm³/mol. The van der Waals surface area contributed by atoms with Gasteiger partial charge in [0.1, 0.15) is 5.78 Å². The lowest BCUT2D eigenvalue weighted by molar-refractivity contribution is -0.155. The summed E-state index contributed by atoms with van der Waals surface area (Å²) in [5.74, 6) is 2.19. The molecule has 0 aromatic heterocycles. The minimum atomic E-state index is 0.313. The number of fused-ring (bicyclic) bond motifs is 3. The normalized spacial score (nSPS) is 49.4. The lowest BCUT2D eigenvalue weighted by atomic mass is 9.41. The molecule has 0 saturated heterocycles. The minimum absolute atomic E-state index is 0.313. The molecule has 0 aromatic carbocycles. The van der Waals surface area contributed by atoms with Gasteiger partial charge in [0.25, 0.3) is 0 Å². The summed E-state index contributed by atoms with van der Waals surface area (Å²) in [6.45, 7) is 9.96. The van der Waals surface area contributed by atoms with E-state index in [0.29, 0.717) is 22.0 Å². The Kier molecular flexibility index (Phi) is 2.93. The SMILES string of the molecule is CC1(C)CCC[C@]2(C)[C@@H]3CCC(=O)C[C@@]3(C)CC[C@@H]12. The molecule has 1 nitrogen and oxygen atoms in total. The van der Waals surface area contributed by atoms with Gasteiger partial charge in [-0.1, -0.05) is 34.1 Å². The Bertz CT molecular complexity index is 396. The lowest BCUT2D eigenvalue weighted by Crippen LogP contribution is -2.56. The van der Waals surface area contributed by atoms with Crippen molar-refractivity contribution in [2.24, 2.45) is 28.1 Å². The van der Waals surface area contributed by atoms with Crippen LogP contribution in [0.4, 0.5) is 0 Å². The van der Waals surface area contributed by atoms with Crippen molar-refractivity contribution in [1.82, 2.24) is 0 Å². The molecule has 0 spiro atoms. The molecule has 3 aliphatic rings. The number of rotatable bonds is 0. The topological polar surface area (TPSA) is 17.1 Å². The zero-order chi connectivity index (χ0) is 13.9. The van der Waals surface area contributed by atoms with E-state index in [2.05, 4.69) is 27.7 Å². The van der Waals surface area contributed by atoms with Gasteiger partial charge >= 0.3 is 0 Å². The molecule has 19 heavy (non-hydrogen) atoms. The molecular formula is C18H30O. The summed E-state index contributed by atoms with van der Waals surface area (Å²) in [6.07, 6.45) is 9.70. The summed E-state index contributed by atoms with van der Waals surface area (Å²) in [6, 6.07) is 0. The lowest BCUT2D eigenvalue weighted by Gasteiger charge is -2.63. The van der Waals surface area contributed by atoms with Crippen LogP contribution in [-0.2, 0) is 4.79 Å². The third-order valence-corrected chi connectivity index (χ3v) is 7.23. The standard InChI is InChI=1S/C18H30O/c1-16(2)9-5-10-18(4)14(16)8-11-17(3)12-13(19)6-7-15(17)18/h14-15H,5-12H2,1-4H3/t14-,15+,17+,18-/m0/s1. The molecule has 0 aliphatic heterocycles. The van der Waals surface area contributed by atoms with E-state index in [0.717, 1.165) is 24.7 Å². The fraction of sp³-hybridized carbons (Fsp3) is 0.944. The van der Waals surface area contributed by atoms with Crippen molar-refractivity contribution in [3.05, 3.63) is 0 Å². The molecule has 3 aliphatic carbocycles. The molecule has 0 amide bonds. The minimum Gasteiger partial charge on any atom is -0.300 e. The van der Waals surface area contributed by atoms with Crippen LogP contribution >= 0.6 is 0 Å². The van der Waals surface area contributed by atoms with E-state index in [-0.39, 0.29) is 0 Å². The van der Waals surface area contributed by atoms with Crippen LogP contribution in [0.1, 0.15) is 79.1 Å². The van der Waals surface area contributed by atoms with Crippen LogP contribution < -0.4 is 0 Å². The van der Waals surface area contributed by atoms with Crippen LogP contribution in [0.3, 0.4) is 0 Å². The van der Waals surface area contributed by atoms with E-state index < -0.39 is 0 Å². The second-order valence-corrected chi connectivity index (χ2v) is 8.90. The van der Waals surface area contributed by atoms with Crippen LogP contribution in [-0.4, -0.2) is 5.78 Å². The molecule has 4 atom stereocenters. The molecule has 108 valence electrons. The highest BCUT2D eigenvalue weighted by Gasteiger charge is 2.59. The molecule has 3 rings (SSSR count). The highest BCUT2D eigenvalue weighted by atomic mass is 16.1. The van der Waals surface area contributed by atoms with Gasteiger partial charge in [0, 0.05) is 12.8 Å². The molecule has 0 bridgehead atoms. The molecule has 3 saturated carbocycles. The van der Waals surface area contributed by atoms with Crippen molar-refractivity contribution in [2.75, 3.05) is 0 Å². The van der Waals surface area contributed by atoms with Gasteiger partial charge in [0.15, 0.2) is 0 Å². The van der Waals surface area contributed by atoms with Crippen LogP contribution in [0.25, 0.3) is 0 Å². The Morgan fingerprint density at radius 2 is 1.68 bits per heavy atom. The van der Waals surface area contributed by atoms with Crippen molar-refractivity contribution in [2.45, 2.75) is 79.1 Å². The number of Topliss-reactive ketones (excluding diaryl/α,β-unsaturated/α-hetero) is 1. The molecule has 0 N–H and O–H groups in total. The summed E-state index contributed by atoms with van der Waals surface area (Å²) < 4.78 is 0. The zero-order valence-corrected chi connectivity index (χ0v) is 13.2. The summed E-state index contributed by atoms with van der Waals surface area (Å²) in [7, 11) is 0. The monoisotopic (exact) mass is 262 g/mol. The van der Waals surface area contributed by atoms with Crippen molar-refractivity contribution >= 4 is 5.78 Å². The molecular weight excluding hydrogens is 232 g/mol. The Balaban J connectivity index is 1.97. The van der Waals surface area contributed by atoms with Crippen molar-refractivity contribution in [3.8, 4) is 0 Å².